The van der Waals surface area contributed by atoms with Crippen molar-refractivity contribution in [2.24, 2.45) is 0 Å². The third-order valence-electron chi connectivity index (χ3n) is 4.54. The van der Waals surface area contributed by atoms with Gasteiger partial charge in [-0.1, -0.05) is 6.07 Å². The van der Waals surface area contributed by atoms with Gasteiger partial charge in [0.25, 0.3) is 5.91 Å². The largest absolute Gasteiger partial charge is 0.371 e. The van der Waals surface area contributed by atoms with Crippen LogP contribution in [0.15, 0.2) is 41.9 Å². The number of carbonyl (C=O) groups is 1. The van der Waals surface area contributed by atoms with Crippen molar-refractivity contribution in [3.8, 4) is 0 Å². The number of imidazole rings is 1. The van der Waals surface area contributed by atoms with E-state index in [2.05, 4.69) is 27.3 Å². The molecule has 1 aliphatic rings. The number of nitrogens with zero attached hydrogens (tertiary/aromatic N) is 3. The van der Waals surface area contributed by atoms with Crippen LogP contribution in [0.25, 0.3) is 15.3 Å². The second-order valence-electron chi connectivity index (χ2n) is 6.17. The summed E-state index contributed by atoms with van der Waals surface area (Å²) in [5.41, 5.74) is 3.01. The molecule has 126 valence electrons. The molecule has 0 atom stereocenters. The standard InChI is InChI=1S/C18H16N4OS2/c23-16(15-11-14-17(25-15)20-18-22(14)8-9-24-18)19-12-4-3-5-13(10-12)21-6-1-2-7-21/h3-5,8-11H,1-2,6-7H2,(H,19,23). The van der Waals surface area contributed by atoms with E-state index in [1.807, 2.05) is 34.2 Å². The lowest BCUT2D eigenvalue weighted by Gasteiger charge is -2.18. The van der Waals surface area contributed by atoms with Crippen molar-refractivity contribution >= 4 is 55.3 Å². The highest BCUT2D eigenvalue weighted by Crippen LogP contribution is 2.29. The molecule has 1 amide bonds. The molecule has 0 bridgehead atoms. The Balaban J connectivity index is 1.40. The molecule has 1 N–H and O–H groups in total. The molecule has 5 rings (SSSR count). The minimum Gasteiger partial charge on any atom is -0.371 e. The molecule has 25 heavy (non-hydrogen) atoms. The molecule has 5 nitrogen and oxygen atoms in total. The van der Waals surface area contributed by atoms with Crippen molar-refractivity contribution in [1.29, 1.82) is 0 Å². The molecule has 1 aromatic carbocycles. The Morgan fingerprint density at radius 1 is 1.20 bits per heavy atom. The number of rotatable bonds is 3. The maximum absolute atomic E-state index is 12.6. The molecule has 0 spiro atoms. The van der Waals surface area contributed by atoms with Gasteiger partial charge in [0.2, 0.25) is 0 Å². The van der Waals surface area contributed by atoms with E-state index in [0.29, 0.717) is 4.88 Å². The van der Waals surface area contributed by atoms with Crippen molar-refractivity contribution in [3.05, 3.63) is 46.8 Å². The number of anilines is 2. The van der Waals surface area contributed by atoms with Crippen molar-refractivity contribution in [2.45, 2.75) is 12.8 Å². The zero-order chi connectivity index (χ0) is 16.8. The molecule has 7 heteroatoms. The summed E-state index contributed by atoms with van der Waals surface area (Å²) < 4.78 is 2.03. The number of thiophene rings is 1. The molecule has 0 radical (unpaired) electrons. The van der Waals surface area contributed by atoms with Gasteiger partial charge in [-0.05, 0) is 37.1 Å². The lowest BCUT2D eigenvalue weighted by Crippen LogP contribution is -2.18. The van der Waals surface area contributed by atoms with Crippen LogP contribution in [0.2, 0.25) is 0 Å². The molecule has 1 aliphatic heterocycles. The zero-order valence-corrected chi connectivity index (χ0v) is 15.1. The monoisotopic (exact) mass is 368 g/mol. The van der Waals surface area contributed by atoms with Gasteiger partial charge in [-0.3, -0.25) is 9.20 Å². The first-order chi connectivity index (χ1) is 12.3. The third-order valence-corrected chi connectivity index (χ3v) is 6.31. The van der Waals surface area contributed by atoms with Crippen molar-refractivity contribution in [2.75, 3.05) is 23.3 Å². The van der Waals surface area contributed by atoms with E-state index in [1.165, 1.54) is 29.9 Å². The average molecular weight is 368 g/mol. The summed E-state index contributed by atoms with van der Waals surface area (Å²) in [5, 5.41) is 5.03. The van der Waals surface area contributed by atoms with E-state index < -0.39 is 0 Å². The Kier molecular flexibility index (Phi) is 3.50. The second-order valence-corrected chi connectivity index (χ2v) is 8.07. The molecule has 0 saturated carbocycles. The van der Waals surface area contributed by atoms with Crippen LogP contribution >= 0.6 is 22.7 Å². The highest BCUT2D eigenvalue weighted by molar-refractivity contribution is 7.21. The molecular formula is C18H16N4OS2. The number of thiazole rings is 1. The summed E-state index contributed by atoms with van der Waals surface area (Å²) in [6.45, 7) is 2.19. The highest BCUT2D eigenvalue weighted by Gasteiger charge is 2.16. The predicted octanol–water partition coefficient (Wildman–Crippen LogP) is 4.46. The SMILES string of the molecule is O=C(Nc1cccc(N2CCCC2)c1)c1cc2c(nc3sccn32)s1. The van der Waals surface area contributed by atoms with Crippen LogP contribution in [0.5, 0.6) is 0 Å². The quantitative estimate of drug-likeness (QED) is 0.581. The smallest absolute Gasteiger partial charge is 0.265 e. The minimum atomic E-state index is -0.0782. The number of hydrogen-bond donors (Lipinski definition) is 1. The Bertz CT molecular complexity index is 1070. The molecule has 0 unspecified atom stereocenters. The molecule has 0 aliphatic carbocycles. The third kappa shape index (κ3) is 2.60. The predicted molar refractivity (Wildman–Crippen MR) is 104 cm³/mol. The topological polar surface area (TPSA) is 49.6 Å². The fraction of sp³-hybridized carbons (Fsp3) is 0.222. The van der Waals surface area contributed by atoms with Crippen LogP contribution in [0, 0.1) is 0 Å². The van der Waals surface area contributed by atoms with Gasteiger partial charge in [0.05, 0.1) is 10.4 Å². The molecular weight excluding hydrogens is 352 g/mol. The molecule has 3 aromatic heterocycles. The lowest BCUT2D eigenvalue weighted by molar-refractivity contribution is 0.103. The van der Waals surface area contributed by atoms with Gasteiger partial charge in [-0.25, -0.2) is 4.98 Å². The number of fused-ring (bicyclic) bond motifs is 3. The first-order valence-electron chi connectivity index (χ1n) is 8.29. The number of hydrogen-bond acceptors (Lipinski definition) is 5. The fourth-order valence-electron chi connectivity index (χ4n) is 3.31. The van der Waals surface area contributed by atoms with Gasteiger partial charge in [-0.2, -0.15) is 0 Å². The Labute approximate surface area is 152 Å². The van der Waals surface area contributed by atoms with Gasteiger partial charge in [-0.15, -0.1) is 22.7 Å². The van der Waals surface area contributed by atoms with E-state index in [0.717, 1.165) is 34.1 Å². The van der Waals surface area contributed by atoms with Crippen LogP contribution in [0.1, 0.15) is 22.5 Å². The van der Waals surface area contributed by atoms with Gasteiger partial charge >= 0.3 is 0 Å². The number of carbonyl (C=O) groups excluding carboxylic acids is 1. The average Bonchev–Trinajstić information content (AvgIpc) is 3.37. The first kappa shape index (κ1) is 14.9. The van der Waals surface area contributed by atoms with Crippen LogP contribution in [-0.4, -0.2) is 28.4 Å². The Morgan fingerprint density at radius 2 is 2.08 bits per heavy atom. The molecule has 4 heterocycles. The van der Waals surface area contributed by atoms with Crippen LogP contribution in [0.4, 0.5) is 11.4 Å². The molecule has 4 aromatic rings. The van der Waals surface area contributed by atoms with Gasteiger partial charge in [0.1, 0.15) is 4.83 Å². The van der Waals surface area contributed by atoms with E-state index >= 15 is 0 Å². The Morgan fingerprint density at radius 3 is 2.96 bits per heavy atom. The maximum atomic E-state index is 12.6. The highest BCUT2D eigenvalue weighted by atomic mass is 32.1. The molecule has 1 saturated heterocycles. The number of benzene rings is 1. The summed E-state index contributed by atoms with van der Waals surface area (Å²) in [4.78, 5) is 22.1. The summed E-state index contributed by atoms with van der Waals surface area (Å²) in [6.07, 6.45) is 4.47. The van der Waals surface area contributed by atoms with Gasteiger partial charge in [0.15, 0.2) is 4.96 Å². The Hall–Kier alpha value is -2.38. The maximum Gasteiger partial charge on any atom is 0.265 e. The van der Waals surface area contributed by atoms with Gasteiger partial charge in [0, 0.05) is 36.0 Å². The number of amides is 1. The summed E-state index contributed by atoms with van der Waals surface area (Å²) in [5.74, 6) is -0.0782. The van der Waals surface area contributed by atoms with Crippen molar-refractivity contribution in [3.63, 3.8) is 0 Å². The van der Waals surface area contributed by atoms with Crippen molar-refractivity contribution in [1.82, 2.24) is 9.38 Å². The zero-order valence-electron chi connectivity index (χ0n) is 13.4. The van der Waals surface area contributed by atoms with E-state index in [1.54, 1.807) is 11.3 Å². The summed E-state index contributed by atoms with van der Waals surface area (Å²) in [7, 11) is 0. The fourth-order valence-corrected chi connectivity index (χ4v) is 5.00. The first-order valence-corrected chi connectivity index (χ1v) is 9.99. The lowest BCUT2D eigenvalue weighted by atomic mass is 10.2. The number of nitrogens with one attached hydrogen (secondary N) is 1. The number of aromatic nitrogens is 2. The summed E-state index contributed by atoms with van der Waals surface area (Å²) in [6, 6.07) is 10.0. The van der Waals surface area contributed by atoms with Crippen LogP contribution < -0.4 is 10.2 Å². The summed E-state index contributed by atoms with van der Waals surface area (Å²) >= 11 is 3.04. The molecule has 1 fully saturated rings. The van der Waals surface area contributed by atoms with Crippen LogP contribution in [-0.2, 0) is 0 Å². The van der Waals surface area contributed by atoms with Crippen molar-refractivity contribution < 1.29 is 4.79 Å². The second kappa shape index (κ2) is 5.86. The minimum absolute atomic E-state index is 0.0782. The van der Waals surface area contributed by atoms with E-state index in [4.69, 9.17) is 0 Å². The van der Waals surface area contributed by atoms with E-state index in [9.17, 15) is 4.79 Å². The van der Waals surface area contributed by atoms with Crippen LogP contribution in [0.3, 0.4) is 0 Å². The van der Waals surface area contributed by atoms with Gasteiger partial charge < -0.3 is 10.2 Å². The van der Waals surface area contributed by atoms with E-state index in [-0.39, 0.29) is 5.91 Å². The normalized spacial score (nSPS) is 14.6.